The number of aliphatic hydroxyl groups excluding tert-OH is 1. The van der Waals surface area contributed by atoms with Crippen molar-refractivity contribution >= 4 is 0 Å². The Bertz CT molecular complexity index is 527. The van der Waals surface area contributed by atoms with Gasteiger partial charge in [0.15, 0.2) is 0 Å². The van der Waals surface area contributed by atoms with Crippen LogP contribution in [0, 0.1) is 34.5 Å². The zero-order chi connectivity index (χ0) is 13.9. The molecule has 19 heavy (non-hydrogen) atoms. The van der Waals surface area contributed by atoms with Crippen LogP contribution in [0.3, 0.4) is 0 Å². The fourth-order valence-electron chi connectivity index (χ4n) is 1.60. The molecule has 1 aromatic carbocycles. The molecule has 0 aliphatic carbocycles. The Hall–Kier alpha value is -2.32. The molecule has 96 valence electrons. The summed E-state index contributed by atoms with van der Waals surface area (Å²) in [6, 6.07) is 11.7. The van der Waals surface area contributed by atoms with Gasteiger partial charge in [0.25, 0.3) is 0 Å². The Kier molecular flexibility index (Phi) is 6.77. The third-order valence-electron chi connectivity index (χ3n) is 2.46. The van der Waals surface area contributed by atoms with Crippen LogP contribution in [0.15, 0.2) is 24.3 Å². The SMILES string of the molecule is N#CCN(CC#N)Cc1ccccc1C#CCCO. The minimum Gasteiger partial charge on any atom is -0.395 e. The summed E-state index contributed by atoms with van der Waals surface area (Å²) in [6.07, 6.45) is 0.439. The van der Waals surface area contributed by atoms with Gasteiger partial charge in [0.05, 0.1) is 31.8 Å². The number of aliphatic hydroxyl groups is 1. The second-order valence-corrected chi connectivity index (χ2v) is 3.89. The van der Waals surface area contributed by atoms with Crippen LogP contribution in [0.2, 0.25) is 0 Å². The molecule has 4 heteroatoms. The lowest BCUT2D eigenvalue weighted by Crippen LogP contribution is -2.24. The average Bonchev–Trinajstić information content (AvgIpc) is 2.41. The Morgan fingerprint density at radius 3 is 2.42 bits per heavy atom. The molecule has 1 rings (SSSR count). The largest absolute Gasteiger partial charge is 0.395 e. The molecule has 0 saturated heterocycles. The predicted octanol–water partition coefficient (Wildman–Crippen LogP) is 1.27. The van der Waals surface area contributed by atoms with E-state index in [1.807, 2.05) is 24.3 Å². The monoisotopic (exact) mass is 253 g/mol. The summed E-state index contributed by atoms with van der Waals surface area (Å²) in [5.74, 6) is 5.88. The predicted molar refractivity (Wildman–Crippen MR) is 71.5 cm³/mol. The molecule has 0 amide bonds. The van der Waals surface area contributed by atoms with Crippen LogP contribution in [0.5, 0.6) is 0 Å². The summed E-state index contributed by atoms with van der Waals surface area (Å²) in [5.41, 5.74) is 1.86. The quantitative estimate of drug-likeness (QED) is 0.633. The van der Waals surface area contributed by atoms with Gasteiger partial charge in [0, 0.05) is 18.5 Å². The molecule has 0 unspecified atom stereocenters. The van der Waals surface area contributed by atoms with Gasteiger partial charge in [-0.15, -0.1) is 0 Å². The lowest BCUT2D eigenvalue weighted by Gasteiger charge is -2.16. The fourth-order valence-corrected chi connectivity index (χ4v) is 1.60. The first-order chi connectivity index (χ1) is 9.31. The fraction of sp³-hybridized carbons (Fsp3) is 0.333. The number of nitriles is 2. The summed E-state index contributed by atoms with van der Waals surface area (Å²) >= 11 is 0. The van der Waals surface area contributed by atoms with E-state index in [4.69, 9.17) is 15.6 Å². The van der Waals surface area contributed by atoms with Gasteiger partial charge in [-0.05, 0) is 11.6 Å². The van der Waals surface area contributed by atoms with Gasteiger partial charge < -0.3 is 5.11 Å². The van der Waals surface area contributed by atoms with Crippen LogP contribution >= 0.6 is 0 Å². The Morgan fingerprint density at radius 1 is 1.11 bits per heavy atom. The molecule has 0 atom stereocenters. The highest BCUT2D eigenvalue weighted by Gasteiger charge is 2.07. The number of hydrogen-bond acceptors (Lipinski definition) is 4. The first kappa shape index (κ1) is 14.7. The van der Waals surface area contributed by atoms with Crippen molar-refractivity contribution in [3.63, 3.8) is 0 Å². The Balaban J connectivity index is 2.86. The van der Waals surface area contributed by atoms with E-state index in [9.17, 15) is 0 Å². The summed E-state index contributed by atoms with van der Waals surface area (Å²) < 4.78 is 0. The van der Waals surface area contributed by atoms with Crippen LogP contribution in [0.1, 0.15) is 17.5 Å². The summed E-state index contributed by atoms with van der Waals surface area (Å²) in [6.45, 7) is 0.993. The van der Waals surface area contributed by atoms with Gasteiger partial charge >= 0.3 is 0 Å². The number of rotatable bonds is 5. The van der Waals surface area contributed by atoms with E-state index in [0.29, 0.717) is 13.0 Å². The van der Waals surface area contributed by atoms with Gasteiger partial charge in [-0.1, -0.05) is 30.0 Å². The zero-order valence-corrected chi connectivity index (χ0v) is 10.6. The molecule has 1 aromatic rings. The van der Waals surface area contributed by atoms with E-state index in [2.05, 4.69) is 24.0 Å². The molecule has 4 nitrogen and oxygen atoms in total. The second kappa shape index (κ2) is 8.72. The third kappa shape index (κ3) is 5.23. The lowest BCUT2D eigenvalue weighted by molar-refractivity contribution is 0.305. The van der Waals surface area contributed by atoms with Gasteiger partial charge in [-0.2, -0.15) is 10.5 Å². The highest BCUT2D eigenvalue weighted by atomic mass is 16.2. The van der Waals surface area contributed by atoms with Crippen LogP contribution in [-0.4, -0.2) is 29.7 Å². The van der Waals surface area contributed by atoms with E-state index in [0.717, 1.165) is 11.1 Å². The van der Waals surface area contributed by atoms with Gasteiger partial charge in [0.2, 0.25) is 0 Å². The Morgan fingerprint density at radius 2 is 1.79 bits per heavy atom. The van der Waals surface area contributed by atoms with Gasteiger partial charge in [-0.3, -0.25) is 4.90 Å². The molecular weight excluding hydrogens is 238 g/mol. The molecular formula is C15H15N3O. The van der Waals surface area contributed by atoms with Crippen molar-refractivity contribution in [1.29, 1.82) is 10.5 Å². The normalized spacial score (nSPS) is 9.26. The first-order valence-corrected chi connectivity index (χ1v) is 5.95. The van der Waals surface area contributed by atoms with E-state index < -0.39 is 0 Å². The van der Waals surface area contributed by atoms with Crippen molar-refractivity contribution in [2.75, 3.05) is 19.7 Å². The van der Waals surface area contributed by atoms with Crippen LogP contribution in [0.25, 0.3) is 0 Å². The molecule has 0 spiro atoms. The number of nitrogens with zero attached hydrogens (tertiary/aromatic N) is 3. The minimum absolute atomic E-state index is 0.0458. The number of hydrogen-bond donors (Lipinski definition) is 1. The van der Waals surface area contributed by atoms with Crippen molar-refractivity contribution in [2.45, 2.75) is 13.0 Å². The first-order valence-electron chi connectivity index (χ1n) is 5.95. The van der Waals surface area contributed by atoms with Crippen LogP contribution in [0.4, 0.5) is 0 Å². The molecule has 0 saturated carbocycles. The summed E-state index contributed by atoms with van der Waals surface area (Å²) in [4.78, 5) is 1.76. The smallest absolute Gasteiger partial charge is 0.0877 e. The maximum atomic E-state index is 8.73. The maximum Gasteiger partial charge on any atom is 0.0877 e. The van der Waals surface area contributed by atoms with Gasteiger partial charge in [0.1, 0.15) is 0 Å². The molecule has 0 heterocycles. The van der Waals surface area contributed by atoms with E-state index in [1.54, 1.807) is 4.90 Å². The average molecular weight is 253 g/mol. The van der Waals surface area contributed by atoms with Crippen molar-refractivity contribution in [3.8, 4) is 24.0 Å². The summed E-state index contributed by atoms with van der Waals surface area (Å²) in [7, 11) is 0. The Labute approximate surface area is 113 Å². The highest BCUT2D eigenvalue weighted by Crippen LogP contribution is 2.10. The van der Waals surface area contributed by atoms with E-state index in [-0.39, 0.29) is 19.7 Å². The standard InChI is InChI=1S/C15H15N3O/c16-8-10-18(11-9-17)13-15-7-2-1-5-14(15)6-3-4-12-19/h1-2,5,7,19H,4,10-13H2. The minimum atomic E-state index is 0.0458. The maximum absolute atomic E-state index is 8.73. The highest BCUT2D eigenvalue weighted by molar-refractivity contribution is 5.41. The van der Waals surface area contributed by atoms with Crippen LogP contribution < -0.4 is 0 Å². The van der Waals surface area contributed by atoms with Crippen molar-refractivity contribution < 1.29 is 5.11 Å². The topological polar surface area (TPSA) is 71.0 Å². The van der Waals surface area contributed by atoms with Gasteiger partial charge in [-0.25, -0.2) is 0 Å². The zero-order valence-electron chi connectivity index (χ0n) is 10.6. The molecule has 0 radical (unpaired) electrons. The van der Waals surface area contributed by atoms with Crippen LogP contribution in [-0.2, 0) is 6.54 Å². The molecule has 0 fully saturated rings. The molecule has 0 aromatic heterocycles. The van der Waals surface area contributed by atoms with Crippen molar-refractivity contribution in [3.05, 3.63) is 35.4 Å². The van der Waals surface area contributed by atoms with E-state index >= 15 is 0 Å². The number of benzene rings is 1. The third-order valence-corrected chi connectivity index (χ3v) is 2.46. The summed E-state index contributed by atoms with van der Waals surface area (Å²) in [5, 5.41) is 26.2. The molecule has 0 aliphatic heterocycles. The van der Waals surface area contributed by atoms with Crippen molar-refractivity contribution in [2.24, 2.45) is 0 Å². The lowest BCUT2D eigenvalue weighted by atomic mass is 10.1. The van der Waals surface area contributed by atoms with Crippen molar-refractivity contribution in [1.82, 2.24) is 4.90 Å². The van der Waals surface area contributed by atoms with E-state index in [1.165, 1.54) is 0 Å². The molecule has 0 aliphatic rings. The second-order valence-electron chi connectivity index (χ2n) is 3.89. The molecule has 1 N–H and O–H groups in total. The molecule has 0 bridgehead atoms.